The van der Waals surface area contributed by atoms with E-state index in [0.717, 1.165) is 6.42 Å². The van der Waals surface area contributed by atoms with Crippen LogP contribution in [0.15, 0.2) is 36.7 Å². The SMILES string of the molecule is Cc1cc(Nc2nc(NC3C4C=CC(C4)C3C(N)=O)c3[nH]c[nH+]c3n2)ccc1F. The summed E-state index contributed by atoms with van der Waals surface area (Å²) in [5.74, 6) is 0.494. The maximum absolute atomic E-state index is 13.5. The Balaban J connectivity index is 1.49. The Labute approximate surface area is 165 Å². The predicted molar refractivity (Wildman–Crippen MR) is 106 cm³/mol. The van der Waals surface area contributed by atoms with Crippen LogP contribution in [0.3, 0.4) is 0 Å². The van der Waals surface area contributed by atoms with E-state index in [1.807, 2.05) is 0 Å². The summed E-state index contributed by atoms with van der Waals surface area (Å²) in [5, 5.41) is 6.54. The van der Waals surface area contributed by atoms with Crippen molar-refractivity contribution in [3.05, 3.63) is 48.1 Å². The second-order valence-corrected chi connectivity index (χ2v) is 7.69. The lowest BCUT2D eigenvalue weighted by molar-refractivity contribution is -0.347. The van der Waals surface area contributed by atoms with Crippen LogP contribution in [0.2, 0.25) is 0 Å². The molecule has 148 valence electrons. The molecule has 4 atom stereocenters. The van der Waals surface area contributed by atoms with Crippen molar-refractivity contribution in [2.45, 2.75) is 19.4 Å². The van der Waals surface area contributed by atoms with Gasteiger partial charge in [0, 0.05) is 11.7 Å². The van der Waals surface area contributed by atoms with Gasteiger partial charge in [0.05, 0.1) is 5.92 Å². The van der Waals surface area contributed by atoms with E-state index in [0.29, 0.717) is 34.2 Å². The van der Waals surface area contributed by atoms with Crippen molar-refractivity contribution in [1.29, 1.82) is 0 Å². The summed E-state index contributed by atoms with van der Waals surface area (Å²) in [6, 6.07) is 4.61. The molecule has 2 aliphatic carbocycles. The average molecular weight is 394 g/mol. The highest BCUT2D eigenvalue weighted by Gasteiger charge is 2.47. The zero-order valence-electron chi connectivity index (χ0n) is 15.7. The number of nitrogens with zero attached hydrogens (tertiary/aromatic N) is 2. The third-order valence-electron chi connectivity index (χ3n) is 5.84. The van der Waals surface area contributed by atoms with Gasteiger partial charge in [-0.05, 0) is 48.9 Å². The number of nitrogens with two attached hydrogens (primary N) is 1. The van der Waals surface area contributed by atoms with E-state index in [9.17, 15) is 9.18 Å². The Kier molecular flexibility index (Phi) is 3.97. The lowest BCUT2D eigenvalue weighted by atomic mass is 9.88. The Hall–Kier alpha value is -3.49. The monoisotopic (exact) mass is 394 g/mol. The van der Waals surface area contributed by atoms with Gasteiger partial charge in [-0.3, -0.25) is 9.78 Å². The summed E-state index contributed by atoms with van der Waals surface area (Å²) in [6.45, 7) is 1.70. The molecule has 2 bridgehead atoms. The Morgan fingerprint density at radius 1 is 1.31 bits per heavy atom. The number of hydrogen-bond acceptors (Lipinski definition) is 5. The first-order valence-corrected chi connectivity index (χ1v) is 9.54. The molecule has 9 heteroatoms. The maximum atomic E-state index is 13.5. The van der Waals surface area contributed by atoms with Crippen molar-refractivity contribution in [3.8, 4) is 0 Å². The summed E-state index contributed by atoms with van der Waals surface area (Å²) >= 11 is 0. The van der Waals surface area contributed by atoms with E-state index < -0.39 is 0 Å². The number of imidazole rings is 1. The van der Waals surface area contributed by atoms with Crippen LogP contribution in [0.4, 0.5) is 21.8 Å². The fourth-order valence-electron chi connectivity index (χ4n) is 4.46. The number of allylic oxidation sites excluding steroid dienone is 1. The van der Waals surface area contributed by atoms with Gasteiger partial charge >= 0.3 is 11.6 Å². The van der Waals surface area contributed by atoms with Gasteiger partial charge in [-0.25, -0.2) is 9.37 Å². The number of anilines is 3. The molecule has 0 aliphatic heterocycles. The second kappa shape index (κ2) is 6.54. The Morgan fingerprint density at radius 2 is 2.14 bits per heavy atom. The van der Waals surface area contributed by atoms with Gasteiger partial charge < -0.3 is 16.4 Å². The van der Waals surface area contributed by atoms with Crippen LogP contribution in [0.25, 0.3) is 11.2 Å². The molecule has 6 N–H and O–H groups in total. The van der Waals surface area contributed by atoms with Gasteiger partial charge in [-0.2, -0.15) is 4.98 Å². The summed E-state index contributed by atoms with van der Waals surface area (Å²) in [4.78, 5) is 27.3. The minimum absolute atomic E-state index is 0.121. The van der Waals surface area contributed by atoms with Crippen LogP contribution in [-0.2, 0) is 4.79 Å². The Bertz CT molecular complexity index is 1140. The predicted octanol–water partition coefficient (Wildman–Crippen LogP) is 2.05. The zero-order chi connectivity index (χ0) is 20.1. The standard InChI is InChI=1S/C20H20FN7O/c1-9-6-12(4-5-13(9)21)25-20-27-18-16(23-8-24-18)19(28-20)26-15-11-3-2-10(7-11)14(15)17(22)29/h2-6,8,10-11,14-15H,7H2,1H3,(H2,22,29)(H3,23,24,25,26,27,28)/p+1. The molecule has 3 aromatic rings. The number of aromatic nitrogens is 4. The summed E-state index contributed by atoms with van der Waals surface area (Å²) in [5.41, 5.74) is 8.21. The van der Waals surface area contributed by atoms with Crippen LogP contribution < -0.4 is 21.4 Å². The van der Waals surface area contributed by atoms with Crippen LogP contribution in [0.1, 0.15) is 12.0 Å². The lowest BCUT2D eigenvalue weighted by Crippen LogP contribution is -2.41. The number of H-pyrrole nitrogens is 2. The van der Waals surface area contributed by atoms with E-state index in [4.69, 9.17) is 5.73 Å². The van der Waals surface area contributed by atoms with Gasteiger partial charge in [0.2, 0.25) is 11.4 Å². The third-order valence-corrected chi connectivity index (χ3v) is 5.84. The van der Waals surface area contributed by atoms with Crippen molar-refractivity contribution in [2.24, 2.45) is 23.5 Å². The molecule has 2 aromatic heterocycles. The summed E-state index contributed by atoms with van der Waals surface area (Å²) < 4.78 is 13.5. The van der Waals surface area contributed by atoms with E-state index in [1.165, 1.54) is 6.07 Å². The largest absolute Gasteiger partial charge is 0.369 e. The molecule has 0 saturated heterocycles. The number of carbonyl (C=O) groups excluding carboxylic acids is 1. The Morgan fingerprint density at radius 3 is 2.93 bits per heavy atom. The number of aryl methyl sites for hydroxylation is 1. The van der Waals surface area contributed by atoms with Crippen molar-refractivity contribution < 1.29 is 14.2 Å². The lowest BCUT2D eigenvalue weighted by Gasteiger charge is -2.26. The number of rotatable bonds is 5. The van der Waals surface area contributed by atoms with Crippen LogP contribution in [0, 0.1) is 30.5 Å². The number of hydrogen-bond donors (Lipinski definition) is 4. The summed E-state index contributed by atoms with van der Waals surface area (Å²) in [7, 11) is 0. The van der Waals surface area contributed by atoms with Crippen LogP contribution in [0.5, 0.6) is 0 Å². The highest BCUT2D eigenvalue weighted by molar-refractivity contribution is 5.84. The molecule has 1 amide bonds. The highest BCUT2D eigenvalue weighted by atomic mass is 19.1. The first-order chi connectivity index (χ1) is 14.0. The van der Waals surface area contributed by atoms with Gasteiger partial charge in [-0.15, -0.1) is 0 Å². The molecule has 1 fully saturated rings. The van der Waals surface area contributed by atoms with Crippen molar-refractivity contribution in [2.75, 3.05) is 10.6 Å². The van der Waals surface area contributed by atoms with Crippen LogP contribution in [-0.4, -0.2) is 26.9 Å². The molecule has 8 nitrogen and oxygen atoms in total. The third kappa shape index (κ3) is 2.98. The molecule has 2 heterocycles. The van der Waals surface area contributed by atoms with Crippen molar-refractivity contribution in [3.63, 3.8) is 0 Å². The maximum Gasteiger partial charge on any atom is 0.307 e. The molecule has 1 saturated carbocycles. The topological polar surface area (TPSA) is 123 Å². The number of halogens is 1. The molecule has 29 heavy (non-hydrogen) atoms. The van der Waals surface area contributed by atoms with E-state index in [1.54, 1.807) is 25.4 Å². The first kappa shape index (κ1) is 17.6. The van der Waals surface area contributed by atoms with Gasteiger partial charge in [0.25, 0.3) is 0 Å². The average Bonchev–Trinajstić information content (AvgIpc) is 3.40. The molecule has 1 aromatic carbocycles. The number of primary amides is 1. The van der Waals surface area contributed by atoms with E-state index in [2.05, 4.69) is 42.7 Å². The zero-order valence-corrected chi connectivity index (χ0v) is 15.7. The number of aromatic amines is 2. The number of amides is 1. The van der Waals surface area contributed by atoms with Crippen molar-refractivity contribution >= 4 is 34.5 Å². The molecule has 2 aliphatic rings. The van der Waals surface area contributed by atoms with Gasteiger partial charge in [0.15, 0.2) is 12.1 Å². The van der Waals surface area contributed by atoms with Gasteiger partial charge in [-0.1, -0.05) is 17.1 Å². The quantitative estimate of drug-likeness (QED) is 0.493. The first-order valence-electron chi connectivity index (χ1n) is 9.54. The molecule has 5 rings (SSSR count). The van der Waals surface area contributed by atoms with E-state index >= 15 is 0 Å². The van der Waals surface area contributed by atoms with Crippen molar-refractivity contribution in [1.82, 2.24) is 15.0 Å². The minimum atomic E-state index is -0.303. The second-order valence-electron chi connectivity index (χ2n) is 7.69. The molecule has 4 unspecified atom stereocenters. The molecular weight excluding hydrogens is 373 g/mol. The number of carbonyl (C=O) groups is 1. The molecule has 0 spiro atoms. The minimum Gasteiger partial charge on any atom is -0.369 e. The number of benzene rings is 1. The number of fused-ring (bicyclic) bond motifs is 3. The molecule has 0 radical (unpaired) electrons. The van der Waals surface area contributed by atoms with E-state index in [-0.39, 0.29) is 35.5 Å². The van der Waals surface area contributed by atoms with Crippen LogP contribution >= 0.6 is 0 Å². The fraction of sp³-hybridized carbons (Fsp3) is 0.300. The summed E-state index contributed by atoms with van der Waals surface area (Å²) in [6.07, 6.45) is 6.81. The number of nitrogens with one attached hydrogen (secondary N) is 4. The molecular formula is C20H21FN7O+. The normalized spacial score (nSPS) is 24.9. The highest BCUT2D eigenvalue weighted by Crippen LogP contribution is 2.45. The fourth-order valence-corrected chi connectivity index (χ4v) is 4.46. The smallest absolute Gasteiger partial charge is 0.307 e. The van der Waals surface area contributed by atoms with Gasteiger partial charge in [0.1, 0.15) is 5.82 Å².